The highest BCUT2D eigenvalue weighted by molar-refractivity contribution is 5.95. The highest BCUT2D eigenvalue weighted by atomic mass is 16.5. The monoisotopic (exact) mass is 348 g/mol. The van der Waals surface area contributed by atoms with E-state index < -0.39 is 0 Å². The molecule has 2 aliphatic rings. The zero-order valence-corrected chi connectivity index (χ0v) is 15.2. The smallest absolute Gasteiger partial charge is 0.254 e. The van der Waals surface area contributed by atoms with Gasteiger partial charge in [0.15, 0.2) is 11.5 Å². The van der Waals surface area contributed by atoms with E-state index in [0.29, 0.717) is 23.0 Å². The second-order valence-electron chi connectivity index (χ2n) is 6.74. The van der Waals surface area contributed by atoms with Crippen molar-refractivity contribution >= 4 is 5.91 Å². The normalized spacial score (nSPS) is 21.8. The van der Waals surface area contributed by atoms with Gasteiger partial charge in [0.25, 0.3) is 5.91 Å². The van der Waals surface area contributed by atoms with Crippen LogP contribution in [0.2, 0.25) is 0 Å². The van der Waals surface area contributed by atoms with Gasteiger partial charge < -0.3 is 19.1 Å². The topological polar surface area (TPSA) is 51.2 Å². The maximum absolute atomic E-state index is 12.9. The minimum Gasteiger partial charge on any atom is -0.493 e. The SMILES string of the molecule is COc1ccc(C(=O)N2CCCC(CN3CCOCC3)C2)cc1OC. The van der Waals surface area contributed by atoms with Crippen LogP contribution in [0.5, 0.6) is 11.5 Å². The summed E-state index contributed by atoms with van der Waals surface area (Å²) >= 11 is 0. The zero-order valence-electron chi connectivity index (χ0n) is 15.2. The molecule has 2 aliphatic heterocycles. The van der Waals surface area contributed by atoms with E-state index in [9.17, 15) is 4.79 Å². The number of nitrogens with zero attached hydrogens (tertiary/aromatic N) is 2. The van der Waals surface area contributed by atoms with E-state index >= 15 is 0 Å². The standard InChI is InChI=1S/C19H28N2O4/c1-23-17-6-5-16(12-18(17)24-2)19(22)21-7-3-4-15(14-21)13-20-8-10-25-11-9-20/h5-6,12,15H,3-4,7-11,13-14H2,1-2H3. The summed E-state index contributed by atoms with van der Waals surface area (Å²) in [7, 11) is 3.19. The van der Waals surface area contributed by atoms with E-state index in [1.165, 1.54) is 6.42 Å². The van der Waals surface area contributed by atoms with Crippen molar-refractivity contribution in [3.63, 3.8) is 0 Å². The number of carbonyl (C=O) groups is 1. The maximum atomic E-state index is 12.9. The van der Waals surface area contributed by atoms with Crippen LogP contribution in [-0.4, -0.2) is 75.9 Å². The number of piperidine rings is 1. The fraction of sp³-hybridized carbons (Fsp3) is 0.632. The average Bonchev–Trinajstić information content (AvgIpc) is 2.68. The van der Waals surface area contributed by atoms with Crippen molar-refractivity contribution in [3.05, 3.63) is 23.8 Å². The third-order valence-electron chi connectivity index (χ3n) is 5.06. The number of likely N-dealkylation sites (tertiary alicyclic amines) is 1. The number of morpholine rings is 1. The lowest BCUT2D eigenvalue weighted by atomic mass is 9.96. The van der Waals surface area contributed by atoms with E-state index in [1.54, 1.807) is 26.4 Å². The van der Waals surface area contributed by atoms with Gasteiger partial charge in [0.1, 0.15) is 0 Å². The first-order valence-corrected chi connectivity index (χ1v) is 9.02. The number of carbonyl (C=O) groups excluding carboxylic acids is 1. The Morgan fingerprint density at radius 3 is 2.64 bits per heavy atom. The first-order chi connectivity index (χ1) is 12.2. The summed E-state index contributed by atoms with van der Waals surface area (Å²) in [5.41, 5.74) is 0.657. The first kappa shape index (κ1) is 18.0. The first-order valence-electron chi connectivity index (χ1n) is 9.02. The summed E-state index contributed by atoms with van der Waals surface area (Å²) in [6.45, 7) is 6.35. The van der Waals surface area contributed by atoms with Crippen LogP contribution >= 0.6 is 0 Å². The maximum Gasteiger partial charge on any atom is 0.254 e. The van der Waals surface area contributed by atoms with E-state index in [2.05, 4.69) is 4.90 Å². The largest absolute Gasteiger partial charge is 0.493 e. The molecule has 1 aromatic carbocycles. The van der Waals surface area contributed by atoms with Gasteiger partial charge in [0.05, 0.1) is 27.4 Å². The Balaban J connectivity index is 1.63. The predicted molar refractivity (Wildman–Crippen MR) is 95.4 cm³/mol. The van der Waals surface area contributed by atoms with Crippen LogP contribution < -0.4 is 9.47 Å². The van der Waals surface area contributed by atoms with Gasteiger partial charge in [-0.05, 0) is 37.0 Å². The highest BCUT2D eigenvalue weighted by Gasteiger charge is 2.27. The fourth-order valence-electron chi connectivity index (χ4n) is 3.70. The second kappa shape index (κ2) is 8.54. The van der Waals surface area contributed by atoms with Gasteiger partial charge in [-0.15, -0.1) is 0 Å². The minimum atomic E-state index is 0.0765. The Morgan fingerprint density at radius 1 is 1.16 bits per heavy atom. The number of benzene rings is 1. The van der Waals surface area contributed by atoms with Gasteiger partial charge in [0, 0.05) is 38.3 Å². The second-order valence-corrected chi connectivity index (χ2v) is 6.74. The van der Waals surface area contributed by atoms with Crippen LogP contribution in [0.4, 0.5) is 0 Å². The number of hydrogen-bond donors (Lipinski definition) is 0. The Hall–Kier alpha value is -1.79. The Bertz CT molecular complexity index is 587. The third kappa shape index (κ3) is 4.44. The Kier molecular flexibility index (Phi) is 6.15. The molecule has 138 valence electrons. The number of hydrogen-bond acceptors (Lipinski definition) is 5. The van der Waals surface area contributed by atoms with Crippen molar-refractivity contribution < 1.29 is 19.0 Å². The number of rotatable bonds is 5. The van der Waals surface area contributed by atoms with Gasteiger partial charge in [0.2, 0.25) is 0 Å². The van der Waals surface area contributed by atoms with Crippen LogP contribution in [0.3, 0.4) is 0 Å². The molecule has 1 unspecified atom stereocenters. The number of ether oxygens (including phenoxy) is 3. The molecule has 3 rings (SSSR count). The quantitative estimate of drug-likeness (QED) is 0.813. The number of methoxy groups -OCH3 is 2. The lowest BCUT2D eigenvalue weighted by Crippen LogP contribution is -2.46. The lowest BCUT2D eigenvalue weighted by molar-refractivity contribution is 0.0224. The molecule has 2 heterocycles. The molecule has 1 amide bonds. The highest BCUT2D eigenvalue weighted by Crippen LogP contribution is 2.29. The van der Waals surface area contributed by atoms with Gasteiger partial charge in [-0.2, -0.15) is 0 Å². The summed E-state index contributed by atoms with van der Waals surface area (Å²) in [6.07, 6.45) is 2.25. The van der Waals surface area contributed by atoms with Crippen molar-refractivity contribution in [1.29, 1.82) is 0 Å². The van der Waals surface area contributed by atoms with Gasteiger partial charge in [-0.1, -0.05) is 0 Å². The van der Waals surface area contributed by atoms with Crippen LogP contribution in [0.15, 0.2) is 18.2 Å². The van der Waals surface area contributed by atoms with E-state index in [1.807, 2.05) is 11.0 Å². The van der Waals surface area contributed by atoms with Crippen LogP contribution in [0.25, 0.3) is 0 Å². The third-order valence-corrected chi connectivity index (χ3v) is 5.06. The molecular formula is C19H28N2O4. The average molecular weight is 348 g/mol. The molecule has 0 N–H and O–H groups in total. The van der Waals surface area contributed by atoms with Crippen molar-refractivity contribution in [2.24, 2.45) is 5.92 Å². The van der Waals surface area contributed by atoms with Crippen molar-refractivity contribution in [1.82, 2.24) is 9.80 Å². The summed E-state index contributed by atoms with van der Waals surface area (Å²) in [5, 5.41) is 0. The molecule has 0 radical (unpaired) electrons. The number of amides is 1. The van der Waals surface area contributed by atoms with Crippen molar-refractivity contribution in [2.45, 2.75) is 12.8 Å². The molecule has 1 atom stereocenters. The summed E-state index contributed by atoms with van der Waals surface area (Å²) in [5.74, 6) is 1.85. The summed E-state index contributed by atoms with van der Waals surface area (Å²) < 4.78 is 16.0. The molecule has 0 aromatic heterocycles. The molecule has 25 heavy (non-hydrogen) atoms. The van der Waals surface area contributed by atoms with Crippen molar-refractivity contribution in [2.75, 3.05) is 60.2 Å². The molecule has 1 aromatic rings. The Morgan fingerprint density at radius 2 is 1.92 bits per heavy atom. The van der Waals surface area contributed by atoms with Crippen LogP contribution in [0.1, 0.15) is 23.2 Å². The molecule has 6 heteroatoms. The Labute approximate surface area is 149 Å². The summed E-state index contributed by atoms with van der Waals surface area (Å²) in [6, 6.07) is 5.38. The molecule has 2 saturated heterocycles. The summed E-state index contributed by atoms with van der Waals surface area (Å²) in [4.78, 5) is 17.3. The molecule has 0 spiro atoms. The molecule has 0 bridgehead atoms. The van der Waals surface area contributed by atoms with Gasteiger partial charge in [-0.25, -0.2) is 0 Å². The molecule has 0 saturated carbocycles. The van der Waals surface area contributed by atoms with Crippen molar-refractivity contribution in [3.8, 4) is 11.5 Å². The zero-order chi connectivity index (χ0) is 17.6. The van der Waals surface area contributed by atoms with E-state index in [-0.39, 0.29) is 5.91 Å². The molecule has 6 nitrogen and oxygen atoms in total. The van der Waals surface area contributed by atoms with Gasteiger partial charge in [-0.3, -0.25) is 9.69 Å². The molecular weight excluding hydrogens is 320 g/mol. The minimum absolute atomic E-state index is 0.0765. The molecule has 0 aliphatic carbocycles. The predicted octanol–water partition coefficient (Wildman–Crippen LogP) is 1.89. The van der Waals surface area contributed by atoms with Crippen LogP contribution in [0, 0.1) is 5.92 Å². The molecule has 2 fully saturated rings. The van der Waals surface area contributed by atoms with Crippen LogP contribution in [-0.2, 0) is 4.74 Å². The fourth-order valence-corrected chi connectivity index (χ4v) is 3.70. The van der Waals surface area contributed by atoms with E-state index in [0.717, 1.165) is 52.4 Å². The lowest BCUT2D eigenvalue weighted by Gasteiger charge is -2.36. The van der Waals surface area contributed by atoms with E-state index in [4.69, 9.17) is 14.2 Å². The van der Waals surface area contributed by atoms with Gasteiger partial charge >= 0.3 is 0 Å².